The molecule has 7 heteroatoms. The first-order chi connectivity index (χ1) is 12.0. The number of benzene rings is 2. The summed E-state index contributed by atoms with van der Waals surface area (Å²) in [7, 11) is 3.31. The van der Waals surface area contributed by atoms with Crippen LogP contribution >= 0.6 is 27.5 Å². The van der Waals surface area contributed by atoms with Crippen molar-refractivity contribution >= 4 is 39.2 Å². The lowest BCUT2D eigenvalue weighted by Crippen LogP contribution is -2.46. The number of nitrogens with one attached hydrogen (secondary N) is 1. The number of anilines is 1. The summed E-state index contributed by atoms with van der Waals surface area (Å²) >= 11 is 9.57. The second-order valence-corrected chi connectivity index (χ2v) is 7.13. The van der Waals surface area contributed by atoms with E-state index in [4.69, 9.17) is 21.1 Å². The Morgan fingerprint density at radius 2 is 2.16 bits per heavy atom. The standard InChI is InChI=1S/C18H18BrClN2O3/c1-22(14-8-11-7-12(19)3-5-16(11)25-10-14)18(23)21-13-4-6-17(24-2)15(20)9-13/h3-7,9,14H,8,10H2,1-2H3,(H,21,23). The molecule has 2 aromatic rings. The summed E-state index contributed by atoms with van der Waals surface area (Å²) in [4.78, 5) is 14.2. The highest BCUT2D eigenvalue weighted by Crippen LogP contribution is 2.30. The Labute approximate surface area is 160 Å². The first-order valence-electron chi connectivity index (χ1n) is 7.76. The predicted octanol–water partition coefficient (Wildman–Crippen LogP) is 4.58. The number of hydrogen-bond acceptors (Lipinski definition) is 3. The number of hydrogen-bond donors (Lipinski definition) is 1. The van der Waals surface area contributed by atoms with Gasteiger partial charge >= 0.3 is 6.03 Å². The van der Waals surface area contributed by atoms with Gasteiger partial charge in [-0.15, -0.1) is 0 Å². The molecule has 1 N–H and O–H groups in total. The van der Waals surface area contributed by atoms with Gasteiger partial charge in [0.2, 0.25) is 0 Å². The monoisotopic (exact) mass is 424 g/mol. The molecule has 3 rings (SSSR count). The van der Waals surface area contributed by atoms with Crippen molar-refractivity contribution in [3.05, 3.63) is 51.5 Å². The maximum absolute atomic E-state index is 12.5. The fourth-order valence-electron chi connectivity index (χ4n) is 2.72. The zero-order valence-corrected chi connectivity index (χ0v) is 16.2. The Balaban J connectivity index is 1.67. The normalized spacial score (nSPS) is 15.8. The quantitative estimate of drug-likeness (QED) is 0.783. The molecule has 1 aliphatic heterocycles. The molecule has 0 fully saturated rings. The van der Waals surface area contributed by atoms with Gasteiger partial charge in [0.25, 0.3) is 0 Å². The van der Waals surface area contributed by atoms with E-state index in [1.807, 2.05) is 18.2 Å². The highest BCUT2D eigenvalue weighted by molar-refractivity contribution is 9.10. The number of urea groups is 1. The number of rotatable bonds is 3. The number of ether oxygens (including phenoxy) is 2. The Morgan fingerprint density at radius 3 is 2.88 bits per heavy atom. The molecule has 1 unspecified atom stereocenters. The van der Waals surface area contributed by atoms with Crippen molar-refractivity contribution in [3.63, 3.8) is 0 Å². The molecule has 0 spiro atoms. The van der Waals surface area contributed by atoms with Crippen LogP contribution in [-0.2, 0) is 6.42 Å². The number of methoxy groups -OCH3 is 1. The third-order valence-electron chi connectivity index (χ3n) is 4.18. The molecule has 1 heterocycles. The molecule has 132 valence electrons. The van der Waals surface area contributed by atoms with E-state index in [1.54, 1.807) is 37.3 Å². The van der Waals surface area contributed by atoms with E-state index in [1.165, 1.54) is 0 Å². The number of carbonyl (C=O) groups excluding carboxylic acids is 1. The van der Waals surface area contributed by atoms with Crippen molar-refractivity contribution < 1.29 is 14.3 Å². The van der Waals surface area contributed by atoms with Gasteiger partial charge in [0.05, 0.1) is 18.2 Å². The summed E-state index contributed by atoms with van der Waals surface area (Å²) < 4.78 is 11.9. The van der Waals surface area contributed by atoms with Crippen LogP contribution in [0, 0.1) is 0 Å². The molecular weight excluding hydrogens is 408 g/mol. The highest BCUT2D eigenvalue weighted by Gasteiger charge is 2.26. The Kier molecular flexibility index (Phi) is 5.39. The molecule has 2 aromatic carbocycles. The minimum atomic E-state index is -0.215. The van der Waals surface area contributed by atoms with Gasteiger partial charge in [-0.05, 0) is 48.4 Å². The SMILES string of the molecule is COc1ccc(NC(=O)N(C)C2COc3ccc(Br)cc3C2)cc1Cl. The average Bonchev–Trinajstić information content (AvgIpc) is 2.60. The van der Waals surface area contributed by atoms with E-state index in [2.05, 4.69) is 21.2 Å². The van der Waals surface area contributed by atoms with Crippen molar-refractivity contribution in [1.82, 2.24) is 4.90 Å². The lowest BCUT2D eigenvalue weighted by Gasteiger charge is -2.32. The lowest BCUT2D eigenvalue weighted by molar-refractivity contribution is 0.155. The molecule has 1 atom stereocenters. The van der Waals surface area contributed by atoms with Crippen LogP contribution in [0.1, 0.15) is 5.56 Å². The summed E-state index contributed by atoms with van der Waals surface area (Å²) in [6.45, 7) is 0.460. The third kappa shape index (κ3) is 4.02. The van der Waals surface area contributed by atoms with Gasteiger partial charge in [-0.3, -0.25) is 0 Å². The van der Waals surface area contributed by atoms with Crippen LogP contribution < -0.4 is 14.8 Å². The number of likely N-dealkylation sites (N-methyl/N-ethyl adjacent to an activating group) is 1. The van der Waals surface area contributed by atoms with E-state index in [0.29, 0.717) is 23.1 Å². The van der Waals surface area contributed by atoms with E-state index < -0.39 is 0 Å². The number of halogens is 2. The van der Waals surface area contributed by atoms with E-state index in [-0.39, 0.29) is 12.1 Å². The molecule has 0 radical (unpaired) electrons. The third-order valence-corrected chi connectivity index (χ3v) is 4.97. The van der Waals surface area contributed by atoms with Gasteiger partial charge in [-0.1, -0.05) is 27.5 Å². The fourth-order valence-corrected chi connectivity index (χ4v) is 3.38. The number of amides is 2. The van der Waals surface area contributed by atoms with Crippen LogP contribution in [0.2, 0.25) is 5.02 Å². The second kappa shape index (κ2) is 7.54. The van der Waals surface area contributed by atoms with Crippen molar-refractivity contribution in [2.45, 2.75) is 12.5 Å². The second-order valence-electron chi connectivity index (χ2n) is 5.81. The number of carbonyl (C=O) groups is 1. The molecule has 25 heavy (non-hydrogen) atoms. The largest absolute Gasteiger partial charge is 0.495 e. The Morgan fingerprint density at radius 1 is 1.36 bits per heavy atom. The predicted molar refractivity (Wildman–Crippen MR) is 102 cm³/mol. The summed E-state index contributed by atoms with van der Waals surface area (Å²) in [5.41, 5.74) is 1.69. The molecule has 0 aromatic heterocycles. The summed E-state index contributed by atoms with van der Waals surface area (Å²) in [5.74, 6) is 1.44. The number of nitrogens with zero attached hydrogens (tertiary/aromatic N) is 1. The van der Waals surface area contributed by atoms with E-state index in [9.17, 15) is 4.79 Å². The molecule has 0 aliphatic carbocycles. The summed E-state index contributed by atoms with van der Waals surface area (Å²) in [5, 5.41) is 3.30. The maximum atomic E-state index is 12.5. The van der Waals surface area contributed by atoms with Gasteiger partial charge in [-0.25, -0.2) is 4.79 Å². The molecule has 0 saturated heterocycles. The van der Waals surface area contributed by atoms with Crippen molar-refractivity contribution in [1.29, 1.82) is 0 Å². The summed E-state index contributed by atoms with van der Waals surface area (Å²) in [6, 6.07) is 10.8. The van der Waals surface area contributed by atoms with Crippen molar-refractivity contribution in [3.8, 4) is 11.5 Å². The van der Waals surface area contributed by atoms with Crippen LogP contribution in [-0.4, -0.2) is 37.7 Å². The van der Waals surface area contributed by atoms with Gasteiger partial charge in [0.1, 0.15) is 18.1 Å². The maximum Gasteiger partial charge on any atom is 0.321 e. The van der Waals surface area contributed by atoms with Gasteiger partial charge in [0.15, 0.2) is 0 Å². The zero-order valence-electron chi connectivity index (χ0n) is 13.9. The van der Waals surface area contributed by atoms with E-state index >= 15 is 0 Å². The summed E-state index contributed by atoms with van der Waals surface area (Å²) in [6.07, 6.45) is 0.738. The van der Waals surface area contributed by atoms with Crippen LogP contribution in [0.5, 0.6) is 11.5 Å². The first kappa shape index (κ1) is 17.9. The topological polar surface area (TPSA) is 50.8 Å². The Bertz CT molecular complexity index is 800. The van der Waals surface area contributed by atoms with Crippen LogP contribution in [0.25, 0.3) is 0 Å². The van der Waals surface area contributed by atoms with E-state index in [0.717, 1.165) is 22.2 Å². The molecule has 0 saturated carbocycles. The smallest absolute Gasteiger partial charge is 0.321 e. The van der Waals surface area contributed by atoms with Crippen molar-refractivity contribution in [2.24, 2.45) is 0 Å². The van der Waals surface area contributed by atoms with Gasteiger partial charge in [-0.2, -0.15) is 0 Å². The zero-order chi connectivity index (χ0) is 18.0. The van der Waals surface area contributed by atoms with Gasteiger partial charge in [0, 0.05) is 17.2 Å². The lowest BCUT2D eigenvalue weighted by atomic mass is 10.0. The number of fused-ring (bicyclic) bond motifs is 1. The highest BCUT2D eigenvalue weighted by atomic mass is 79.9. The van der Waals surface area contributed by atoms with Crippen LogP contribution in [0.3, 0.4) is 0 Å². The fraction of sp³-hybridized carbons (Fsp3) is 0.278. The van der Waals surface area contributed by atoms with Crippen molar-refractivity contribution in [2.75, 3.05) is 26.1 Å². The molecule has 1 aliphatic rings. The minimum Gasteiger partial charge on any atom is -0.495 e. The molecular formula is C18H18BrClN2O3. The average molecular weight is 426 g/mol. The molecule has 5 nitrogen and oxygen atoms in total. The van der Waals surface area contributed by atoms with Crippen LogP contribution in [0.4, 0.5) is 10.5 Å². The molecule has 2 amide bonds. The Hall–Kier alpha value is -1.92. The van der Waals surface area contributed by atoms with Gasteiger partial charge < -0.3 is 19.7 Å². The first-order valence-corrected chi connectivity index (χ1v) is 8.93. The minimum absolute atomic E-state index is 0.0458. The molecule has 0 bridgehead atoms. The van der Waals surface area contributed by atoms with Crippen LogP contribution in [0.15, 0.2) is 40.9 Å².